The first-order chi connectivity index (χ1) is 19.9. The van der Waals surface area contributed by atoms with E-state index in [9.17, 15) is 19.2 Å². The minimum atomic E-state index is -2.47. The number of halogens is 1. The Kier molecular flexibility index (Phi) is 7.70. The molecule has 3 aromatic carbocycles. The van der Waals surface area contributed by atoms with E-state index in [4.69, 9.17) is 40.0 Å². The van der Waals surface area contributed by atoms with E-state index >= 15 is 0 Å². The number of rotatable bonds is 8. The first-order valence-corrected chi connectivity index (χ1v) is 13.3. The third kappa shape index (κ3) is 5.55. The molecule has 218 valence electrons. The molecule has 0 bridgehead atoms. The van der Waals surface area contributed by atoms with Crippen LogP contribution in [0.2, 0.25) is 5.02 Å². The van der Waals surface area contributed by atoms with Crippen LogP contribution >= 0.6 is 11.6 Å². The van der Waals surface area contributed by atoms with Gasteiger partial charge in [0, 0.05) is 17.5 Å². The van der Waals surface area contributed by atoms with Crippen molar-refractivity contribution >= 4 is 35.5 Å². The van der Waals surface area contributed by atoms with E-state index in [-0.39, 0.29) is 16.1 Å². The number of carbonyl (C=O) groups is 4. The van der Waals surface area contributed by atoms with Crippen LogP contribution in [0, 0.1) is 0 Å². The molecule has 2 aliphatic heterocycles. The molecule has 2 heterocycles. The van der Waals surface area contributed by atoms with Gasteiger partial charge < -0.3 is 28.4 Å². The van der Waals surface area contributed by atoms with Crippen LogP contribution in [0.5, 0.6) is 5.75 Å². The average molecular weight is 595 g/mol. The zero-order chi connectivity index (χ0) is 30.2. The van der Waals surface area contributed by atoms with Crippen LogP contribution in [0.3, 0.4) is 0 Å². The lowest BCUT2D eigenvalue weighted by molar-refractivity contribution is -0.227. The maximum atomic E-state index is 14.1. The third-order valence-electron chi connectivity index (χ3n) is 6.53. The molecule has 2 aliphatic rings. The summed E-state index contributed by atoms with van der Waals surface area (Å²) in [6.45, 7) is 4.91. The van der Waals surface area contributed by atoms with Gasteiger partial charge in [-0.25, -0.2) is 19.2 Å². The molecule has 0 N–H and O–H groups in total. The fourth-order valence-electron chi connectivity index (χ4n) is 4.76. The van der Waals surface area contributed by atoms with Crippen LogP contribution in [0.1, 0.15) is 70.8 Å². The summed E-state index contributed by atoms with van der Waals surface area (Å²) in [5.41, 5.74) is -2.13. The van der Waals surface area contributed by atoms with Crippen LogP contribution in [0.4, 0.5) is 0 Å². The Hall–Kier alpha value is -4.41. The van der Waals surface area contributed by atoms with E-state index in [1.165, 1.54) is 25.3 Å². The van der Waals surface area contributed by atoms with Crippen LogP contribution in [0.15, 0.2) is 66.7 Å². The van der Waals surface area contributed by atoms with Crippen LogP contribution < -0.4 is 4.74 Å². The molecule has 0 aromatic heterocycles. The summed E-state index contributed by atoms with van der Waals surface area (Å²) in [7, 11) is 1.45. The maximum Gasteiger partial charge on any atom is 0.354 e. The van der Waals surface area contributed by atoms with Crippen molar-refractivity contribution < 1.29 is 47.6 Å². The molecule has 11 heteroatoms. The smallest absolute Gasteiger partial charge is 0.354 e. The number of ether oxygens (including phenoxy) is 6. The Morgan fingerprint density at radius 2 is 1.31 bits per heavy atom. The van der Waals surface area contributed by atoms with Crippen LogP contribution in [-0.2, 0) is 39.7 Å². The predicted molar refractivity (Wildman–Crippen MR) is 147 cm³/mol. The number of methoxy groups -OCH3 is 1. The predicted octanol–water partition coefficient (Wildman–Crippen LogP) is 5.27. The first-order valence-electron chi connectivity index (χ1n) is 13.0. The molecule has 0 amide bonds. The molecule has 5 rings (SSSR count). The molecule has 0 saturated carbocycles. The average Bonchev–Trinajstić information content (AvgIpc) is 3.43. The standard InChI is InChI=1S/C31H27ClO10/c1-30(2,3)42-31(16-17-13-14-23(37-4)22(32)15-17,28(35)40-26-20-11-7-5-9-18(20)24(33)38-26)29(36)41-27-21-12-8-6-10-19(21)25(34)39-27/h5-15,26-27H,16H2,1-4H3. The lowest BCUT2D eigenvalue weighted by Gasteiger charge is -2.36. The fraction of sp³-hybridized carbons (Fsp3) is 0.290. The SMILES string of the molecule is COc1ccc(CC(OC(C)(C)C)(C(=O)OC2OC(=O)c3ccccc32)C(=O)OC2OC(=O)c3ccccc32)cc1Cl. The van der Waals surface area contributed by atoms with Crippen molar-refractivity contribution in [3.63, 3.8) is 0 Å². The van der Waals surface area contributed by atoms with E-state index in [0.29, 0.717) is 22.4 Å². The number of hydrogen-bond acceptors (Lipinski definition) is 10. The van der Waals surface area contributed by atoms with Gasteiger partial charge in [-0.05, 0) is 50.6 Å². The number of benzene rings is 3. The highest BCUT2D eigenvalue weighted by Crippen LogP contribution is 2.38. The molecular formula is C31H27ClO10. The summed E-state index contributed by atoms with van der Waals surface area (Å²) in [4.78, 5) is 53.1. The Bertz CT molecular complexity index is 1490. The van der Waals surface area contributed by atoms with Gasteiger partial charge in [-0.15, -0.1) is 0 Å². The normalized spacial score (nSPS) is 18.7. The van der Waals surface area contributed by atoms with E-state index in [1.807, 2.05) is 0 Å². The number of carbonyl (C=O) groups excluding carboxylic acids is 4. The van der Waals surface area contributed by atoms with Gasteiger partial charge in [0.15, 0.2) is 0 Å². The highest BCUT2D eigenvalue weighted by Gasteiger charge is 2.56. The molecule has 3 aromatic rings. The topological polar surface area (TPSA) is 124 Å². The molecule has 42 heavy (non-hydrogen) atoms. The van der Waals surface area contributed by atoms with Crippen LogP contribution in [-0.4, -0.2) is 42.2 Å². The number of hydrogen-bond donors (Lipinski definition) is 0. The van der Waals surface area contributed by atoms with Crippen molar-refractivity contribution in [3.8, 4) is 5.75 Å². The summed E-state index contributed by atoms with van der Waals surface area (Å²) in [6.07, 6.45) is -3.29. The summed E-state index contributed by atoms with van der Waals surface area (Å²) < 4.78 is 33.4. The summed E-state index contributed by atoms with van der Waals surface area (Å²) in [6, 6.07) is 17.5. The summed E-state index contributed by atoms with van der Waals surface area (Å²) in [5.74, 6) is -3.39. The summed E-state index contributed by atoms with van der Waals surface area (Å²) >= 11 is 6.36. The van der Waals surface area contributed by atoms with Crippen molar-refractivity contribution in [3.05, 3.63) is 99.6 Å². The van der Waals surface area contributed by atoms with E-state index in [1.54, 1.807) is 69.3 Å². The lowest BCUT2D eigenvalue weighted by Crippen LogP contribution is -2.56. The second-order valence-corrected chi connectivity index (χ2v) is 11.1. The Morgan fingerprint density at radius 1 is 0.810 bits per heavy atom. The monoisotopic (exact) mass is 594 g/mol. The molecule has 0 saturated heterocycles. The highest BCUT2D eigenvalue weighted by molar-refractivity contribution is 6.32. The molecule has 10 nitrogen and oxygen atoms in total. The molecule has 0 radical (unpaired) electrons. The van der Waals surface area contributed by atoms with Crippen molar-refractivity contribution in [1.82, 2.24) is 0 Å². The quantitative estimate of drug-likeness (QED) is 0.252. The van der Waals surface area contributed by atoms with E-state index < -0.39 is 54.1 Å². The van der Waals surface area contributed by atoms with Gasteiger partial charge >= 0.3 is 23.9 Å². The van der Waals surface area contributed by atoms with Gasteiger partial charge in [0.2, 0.25) is 0 Å². The number of fused-ring (bicyclic) bond motifs is 2. The number of esters is 4. The van der Waals surface area contributed by atoms with Crippen molar-refractivity contribution in [1.29, 1.82) is 0 Å². The minimum Gasteiger partial charge on any atom is -0.495 e. The third-order valence-corrected chi connectivity index (χ3v) is 6.83. The maximum absolute atomic E-state index is 14.1. The number of cyclic esters (lactones) is 2. The molecular weight excluding hydrogens is 568 g/mol. The highest BCUT2D eigenvalue weighted by atomic mass is 35.5. The van der Waals surface area contributed by atoms with Gasteiger partial charge in [-0.3, -0.25) is 0 Å². The van der Waals surface area contributed by atoms with Crippen molar-refractivity contribution in [2.75, 3.05) is 7.11 Å². The first kappa shape index (κ1) is 29.1. The van der Waals surface area contributed by atoms with Gasteiger partial charge in [0.1, 0.15) is 5.75 Å². The van der Waals surface area contributed by atoms with Gasteiger partial charge in [0.05, 0.1) is 28.9 Å². The summed E-state index contributed by atoms with van der Waals surface area (Å²) in [5, 5.41) is 0.221. The van der Waals surface area contributed by atoms with Crippen molar-refractivity contribution in [2.24, 2.45) is 0 Å². The van der Waals surface area contributed by atoms with Gasteiger partial charge in [-0.2, -0.15) is 0 Å². The zero-order valence-corrected chi connectivity index (χ0v) is 23.9. The van der Waals surface area contributed by atoms with E-state index in [2.05, 4.69) is 0 Å². The largest absolute Gasteiger partial charge is 0.495 e. The fourth-order valence-corrected chi connectivity index (χ4v) is 5.04. The van der Waals surface area contributed by atoms with E-state index in [0.717, 1.165) is 0 Å². The zero-order valence-electron chi connectivity index (χ0n) is 23.2. The second-order valence-electron chi connectivity index (χ2n) is 10.6. The minimum absolute atomic E-state index is 0.219. The molecule has 0 aliphatic carbocycles. The van der Waals surface area contributed by atoms with Crippen LogP contribution in [0.25, 0.3) is 0 Å². The van der Waals surface area contributed by atoms with Crippen molar-refractivity contribution in [2.45, 2.75) is 51.0 Å². The lowest BCUT2D eigenvalue weighted by atomic mass is 9.92. The Morgan fingerprint density at radius 3 is 1.76 bits per heavy atom. The molecule has 0 fully saturated rings. The molecule has 2 atom stereocenters. The Balaban J connectivity index is 1.56. The molecule has 2 unspecified atom stereocenters. The second kappa shape index (κ2) is 11.1. The Labute approximate surface area is 246 Å². The molecule has 0 spiro atoms. The van der Waals surface area contributed by atoms with Gasteiger partial charge in [0.25, 0.3) is 18.2 Å². The van der Waals surface area contributed by atoms with Gasteiger partial charge in [-0.1, -0.05) is 54.1 Å².